The van der Waals surface area contributed by atoms with Gasteiger partial charge in [-0.05, 0) is 31.0 Å². The van der Waals surface area contributed by atoms with E-state index in [1.807, 2.05) is 49.4 Å². The van der Waals surface area contributed by atoms with Gasteiger partial charge in [-0.25, -0.2) is 4.68 Å². The smallest absolute Gasteiger partial charge is 0.275 e. The van der Waals surface area contributed by atoms with Crippen LogP contribution in [0.4, 0.5) is 0 Å². The average Bonchev–Trinajstić information content (AvgIpc) is 2.70. The Bertz CT molecular complexity index is 1060. The number of carbonyl (C=O) groups is 1. The summed E-state index contributed by atoms with van der Waals surface area (Å²) in [6.07, 6.45) is 0.865. The van der Waals surface area contributed by atoms with Crippen molar-refractivity contribution in [2.75, 3.05) is 13.2 Å². The number of fused-ring (bicyclic) bond motifs is 2. The van der Waals surface area contributed by atoms with E-state index >= 15 is 0 Å². The van der Waals surface area contributed by atoms with Crippen molar-refractivity contribution in [3.8, 4) is 5.75 Å². The summed E-state index contributed by atoms with van der Waals surface area (Å²) in [5.41, 5.74) is 1.64. The lowest BCUT2D eigenvalue weighted by Gasteiger charge is -2.25. The Balaban J connectivity index is 1.41. The molecule has 0 bridgehead atoms. The van der Waals surface area contributed by atoms with Crippen LogP contribution in [-0.2, 0) is 17.8 Å². The Kier molecular flexibility index (Phi) is 4.62. The second kappa shape index (κ2) is 7.23. The number of nitrogens with zero attached hydrogens (tertiary/aromatic N) is 2. The number of hydrogen-bond acceptors (Lipinski definition) is 4. The molecular weight excluding hydrogens is 342 g/mol. The van der Waals surface area contributed by atoms with E-state index in [4.69, 9.17) is 4.74 Å². The van der Waals surface area contributed by atoms with E-state index in [1.165, 1.54) is 4.68 Å². The molecule has 1 N–H and O–H groups in total. The summed E-state index contributed by atoms with van der Waals surface area (Å²) in [5, 5.41) is 8.59. The summed E-state index contributed by atoms with van der Waals surface area (Å²) in [5.74, 6) is 0.910. The third-order valence-electron chi connectivity index (χ3n) is 4.89. The van der Waals surface area contributed by atoms with E-state index < -0.39 is 0 Å². The normalized spacial score (nSPS) is 15.8. The summed E-state index contributed by atoms with van der Waals surface area (Å²) in [4.78, 5) is 24.9. The molecule has 1 atom stereocenters. The fraction of sp³-hybridized carbons (Fsp3) is 0.286. The van der Waals surface area contributed by atoms with Crippen molar-refractivity contribution >= 4 is 16.7 Å². The van der Waals surface area contributed by atoms with Crippen LogP contribution in [0.1, 0.15) is 11.3 Å². The predicted molar refractivity (Wildman–Crippen MR) is 103 cm³/mol. The predicted octanol–water partition coefficient (Wildman–Crippen LogP) is 2.07. The van der Waals surface area contributed by atoms with Crippen molar-refractivity contribution < 1.29 is 9.53 Å². The Labute approximate surface area is 156 Å². The van der Waals surface area contributed by atoms with Gasteiger partial charge in [0.25, 0.3) is 5.56 Å². The molecule has 0 saturated carbocycles. The number of aryl methyl sites for hydroxylation is 1. The first kappa shape index (κ1) is 17.3. The largest absolute Gasteiger partial charge is 0.493 e. The van der Waals surface area contributed by atoms with Gasteiger partial charge in [-0.3, -0.25) is 9.59 Å². The molecule has 4 rings (SSSR count). The number of hydrogen-bond donors (Lipinski definition) is 1. The molecule has 0 fully saturated rings. The van der Waals surface area contributed by atoms with Gasteiger partial charge in [-0.1, -0.05) is 36.4 Å². The second-order valence-electron chi connectivity index (χ2n) is 6.89. The van der Waals surface area contributed by atoms with Gasteiger partial charge in [-0.2, -0.15) is 5.10 Å². The zero-order valence-electron chi connectivity index (χ0n) is 15.1. The lowest BCUT2D eigenvalue weighted by Crippen LogP contribution is -2.38. The average molecular weight is 363 g/mol. The molecule has 2 heterocycles. The number of amides is 1. The van der Waals surface area contributed by atoms with Crippen LogP contribution in [0.3, 0.4) is 0 Å². The number of rotatable bonds is 4. The Morgan fingerprint density at radius 3 is 2.78 bits per heavy atom. The highest BCUT2D eigenvalue weighted by atomic mass is 16.5. The zero-order chi connectivity index (χ0) is 18.8. The fourth-order valence-corrected chi connectivity index (χ4v) is 3.48. The van der Waals surface area contributed by atoms with Gasteiger partial charge < -0.3 is 10.1 Å². The van der Waals surface area contributed by atoms with E-state index in [-0.39, 0.29) is 23.9 Å². The molecule has 0 saturated heterocycles. The quantitative estimate of drug-likeness (QED) is 0.770. The van der Waals surface area contributed by atoms with Crippen molar-refractivity contribution in [2.24, 2.45) is 5.92 Å². The molecule has 6 heteroatoms. The molecule has 0 radical (unpaired) electrons. The minimum Gasteiger partial charge on any atom is -0.493 e. The van der Waals surface area contributed by atoms with Gasteiger partial charge in [0, 0.05) is 17.8 Å². The lowest BCUT2D eigenvalue weighted by molar-refractivity contribution is -0.122. The molecule has 1 aliphatic rings. The Morgan fingerprint density at radius 2 is 1.93 bits per heavy atom. The van der Waals surface area contributed by atoms with Gasteiger partial charge >= 0.3 is 0 Å². The third-order valence-corrected chi connectivity index (χ3v) is 4.89. The number of aromatic nitrogens is 2. The molecule has 0 spiro atoms. The molecule has 138 valence electrons. The van der Waals surface area contributed by atoms with Crippen molar-refractivity contribution in [1.82, 2.24) is 15.1 Å². The fourth-order valence-electron chi connectivity index (χ4n) is 3.48. The SMILES string of the molecule is Cc1nn(CC(=O)NCC2COc3ccccc3C2)c(=O)c2ccccc12. The van der Waals surface area contributed by atoms with E-state index in [9.17, 15) is 9.59 Å². The minimum absolute atomic E-state index is 0.0886. The number of benzene rings is 2. The Hall–Kier alpha value is -3.15. The van der Waals surface area contributed by atoms with E-state index in [1.54, 1.807) is 6.07 Å². The van der Waals surface area contributed by atoms with Crippen molar-refractivity contribution in [3.63, 3.8) is 0 Å². The van der Waals surface area contributed by atoms with Crippen LogP contribution >= 0.6 is 0 Å². The van der Waals surface area contributed by atoms with Gasteiger partial charge in [0.1, 0.15) is 12.3 Å². The summed E-state index contributed by atoms with van der Waals surface area (Å²) in [6, 6.07) is 15.3. The molecule has 1 aliphatic heterocycles. The van der Waals surface area contributed by atoms with Crippen LogP contribution in [0.2, 0.25) is 0 Å². The molecule has 1 unspecified atom stereocenters. The maximum Gasteiger partial charge on any atom is 0.275 e. The molecule has 3 aromatic rings. The van der Waals surface area contributed by atoms with Crippen LogP contribution in [0.25, 0.3) is 10.8 Å². The molecule has 1 amide bonds. The van der Waals surface area contributed by atoms with Crippen LogP contribution < -0.4 is 15.6 Å². The van der Waals surface area contributed by atoms with Gasteiger partial charge in [0.05, 0.1) is 17.7 Å². The number of ether oxygens (including phenoxy) is 1. The Morgan fingerprint density at radius 1 is 1.19 bits per heavy atom. The van der Waals surface area contributed by atoms with E-state index in [0.717, 1.165) is 28.8 Å². The van der Waals surface area contributed by atoms with Gasteiger partial charge in [0.2, 0.25) is 5.91 Å². The first-order valence-corrected chi connectivity index (χ1v) is 9.05. The topological polar surface area (TPSA) is 73.2 Å². The first-order valence-electron chi connectivity index (χ1n) is 9.05. The van der Waals surface area contributed by atoms with Crippen LogP contribution in [0.5, 0.6) is 5.75 Å². The van der Waals surface area contributed by atoms with Gasteiger partial charge in [0.15, 0.2) is 0 Å². The van der Waals surface area contributed by atoms with Crippen molar-refractivity contribution in [2.45, 2.75) is 19.9 Å². The van der Waals surface area contributed by atoms with Crippen molar-refractivity contribution in [1.29, 1.82) is 0 Å². The monoisotopic (exact) mass is 363 g/mol. The summed E-state index contributed by atoms with van der Waals surface area (Å²) < 4.78 is 6.99. The van der Waals surface area contributed by atoms with Crippen LogP contribution in [0.15, 0.2) is 53.3 Å². The molecule has 1 aromatic heterocycles. The minimum atomic E-state index is -0.249. The number of para-hydroxylation sites is 1. The third kappa shape index (κ3) is 3.56. The second-order valence-corrected chi connectivity index (χ2v) is 6.89. The molecular formula is C21H21N3O3. The van der Waals surface area contributed by atoms with Crippen molar-refractivity contribution in [3.05, 3.63) is 70.1 Å². The molecule has 0 aliphatic carbocycles. The highest BCUT2D eigenvalue weighted by molar-refractivity contribution is 5.83. The standard InChI is InChI=1S/C21H21N3O3/c1-14-17-7-3-4-8-18(17)21(26)24(23-14)12-20(25)22-11-15-10-16-6-2-5-9-19(16)27-13-15/h2-9,15H,10-13H2,1H3,(H,22,25). The van der Waals surface area contributed by atoms with E-state index in [2.05, 4.69) is 10.4 Å². The molecule has 2 aromatic carbocycles. The molecule has 6 nitrogen and oxygen atoms in total. The number of carbonyl (C=O) groups excluding carboxylic acids is 1. The summed E-state index contributed by atoms with van der Waals surface area (Å²) in [6.45, 7) is 2.83. The summed E-state index contributed by atoms with van der Waals surface area (Å²) >= 11 is 0. The summed E-state index contributed by atoms with van der Waals surface area (Å²) in [7, 11) is 0. The van der Waals surface area contributed by atoms with Gasteiger partial charge in [-0.15, -0.1) is 0 Å². The first-order chi connectivity index (χ1) is 13.1. The maximum absolute atomic E-state index is 12.6. The van der Waals surface area contributed by atoms with E-state index in [0.29, 0.717) is 18.5 Å². The number of nitrogens with one attached hydrogen (secondary N) is 1. The highest BCUT2D eigenvalue weighted by Gasteiger charge is 2.20. The molecule has 27 heavy (non-hydrogen) atoms. The van der Waals surface area contributed by atoms with Crippen LogP contribution in [-0.4, -0.2) is 28.8 Å². The maximum atomic E-state index is 12.6. The highest BCUT2D eigenvalue weighted by Crippen LogP contribution is 2.26. The van der Waals surface area contributed by atoms with Crippen LogP contribution in [0, 0.1) is 12.8 Å². The zero-order valence-corrected chi connectivity index (χ0v) is 15.1. The lowest BCUT2D eigenvalue weighted by atomic mass is 9.97.